The highest BCUT2D eigenvalue weighted by atomic mass is 127. The minimum absolute atomic E-state index is 0. The van der Waals surface area contributed by atoms with E-state index in [1.807, 2.05) is 0 Å². The number of hydrogen-bond donors (Lipinski definition) is 0. The summed E-state index contributed by atoms with van der Waals surface area (Å²) in [5, 5.41) is 4.23. The Morgan fingerprint density at radius 2 is 0.958 bits per heavy atom. The molecular weight excluding hydrogens is 426 g/mol. The molecule has 1 nitrogen and oxygen atoms in total. The zero-order chi connectivity index (χ0) is 16.0. The Kier molecular flexibility index (Phi) is 7.41. The lowest BCUT2D eigenvalue weighted by atomic mass is 10.4. The normalized spacial score (nSPS) is 10.9. The summed E-state index contributed by atoms with van der Waals surface area (Å²) in [5.74, 6) is 0. The zero-order valence-corrected chi connectivity index (χ0v) is 16.9. The van der Waals surface area contributed by atoms with E-state index in [0.29, 0.717) is 0 Å². The van der Waals surface area contributed by atoms with Crippen molar-refractivity contribution >= 4 is 23.2 Å². The first kappa shape index (κ1) is 19.1. The average Bonchev–Trinajstić information content (AvgIpc) is 2.65. The van der Waals surface area contributed by atoms with E-state index < -0.39 is 7.26 Å². The number of benzene rings is 3. The van der Waals surface area contributed by atoms with Crippen LogP contribution < -0.4 is 39.9 Å². The van der Waals surface area contributed by atoms with Crippen LogP contribution >= 0.6 is 7.26 Å². The molecule has 0 aromatic heterocycles. The molecule has 3 rings (SSSR count). The first-order valence-electron chi connectivity index (χ1n) is 7.92. The highest BCUT2D eigenvalue weighted by Crippen LogP contribution is 2.54. The number of hydrogen-bond acceptors (Lipinski definition) is 1. The molecule has 3 heteroatoms. The Bertz CT molecular complexity index is 620. The zero-order valence-electron chi connectivity index (χ0n) is 13.8. The van der Waals surface area contributed by atoms with Gasteiger partial charge in [-0.05, 0) is 36.4 Å². The van der Waals surface area contributed by atoms with Crippen molar-refractivity contribution in [2.24, 2.45) is 0 Å². The third-order valence-electron chi connectivity index (χ3n) is 4.22. The van der Waals surface area contributed by atoms with Gasteiger partial charge in [0.25, 0.3) is 0 Å². The molecule has 0 aliphatic rings. The standard InChI is InChI=1S/C21H22OP.HI/c1-22-17-18-23(19-11-5-2-6-12-19,20-13-7-3-8-14-20)21-15-9-4-10-16-21;/h2-16H,17-18H2,1H3;1H/q+1;/p-1. The van der Waals surface area contributed by atoms with Crippen molar-refractivity contribution in [1.82, 2.24) is 0 Å². The monoisotopic (exact) mass is 448 g/mol. The van der Waals surface area contributed by atoms with Gasteiger partial charge in [0.05, 0.1) is 12.8 Å². The Labute approximate surface area is 162 Å². The topological polar surface area (TPSA) is 9.23 Å². The van der Waals surface area contributed by atoms with Gasteiger partial charge >= 0.3 is 0 Å². The summed E-state index contributed by atoms with van der Waals surface area (Å²) in [5.41, 5.74) is 0. The van der Waals surface area contributed by atoms with E-state index in [1.54, 1.807) is 7.11 Å². The Hall–Kier alpha value is -1.22. The van der Waals surface area contributed by atoms with E-state index in [0.717, 1.165) is 12.8 Å². The summed E-state index contributed by atoms with van der Waals surface area (Å²) in [7, 11) is 0.0926. The quantitative estimate of drug-likeness (QED) is 0.397. The van der Waals surface area contributed by atoms with Crippen LogP contribution in [0.15, 0.2) is 91.0 Å². The lowest BCUT2D eigenvalue weighted by molar-refractivity contribution is -0.00000487. The van der Waals surface area contributed by atoms with Gasteiger partial charge in [-0.25, -0.2) is 0 Å². The molecule has 0 saturated heterocycles. The summed E-state index contributed by atoms with van der Waals surface area (Å²) in [4.78, 5) is 0. The first-order valence-corrected chi connectivity index (χ1v) is 9.89. The molecule has 0 fully saturated rings. The van der Waals surface area contributed by atoms with Crippen molar-refractivity contribution in [3.05, 3.63) is 91.0 Å². The van der Waals surface area contributed by atoms with Crippen LogP contribution in [0.25, 0.3) is 0 Å². The maximum atomic E-state index is 5.49. The van der Waals surface area contributed by atoms with Gasteiger partial charge in [0.1, 0.15) is 23.2 Å². The summed E-state index contributed by atoms with van der Waals surface area (Å²) < 4.78 is 5.49. The van der Waals surface area contributed by atoms with Gasteiger partial charge in [0.15, 0.2) is 0 Å². The second-order valence-corrected chi connectivity index (χ2v) is 9.15. The van der Waals surface area contributed by atoms with Crippen molar-refractivity contribution in [3.8, 4) is 0 Å². The predicted molar refractivity (Wildman–Crippen MR) is 102 cm³/mol. The molecule has 0 unspecified atom stereocenters. The van der Waals surface area contributed by atoms with E-state index in [2.05, 4.69) is 91.0 Å². The van der Waals surface area contributed by atoms with E-state index in [9.17, 15) is 0 Å². The van der Waals surface area contributed by atoms with Crippen LogP contribution in [-0.2, 0) is 4.74 Å². The van der Waals surface area contributed by atoms with Gasteiger partial charge in [-0.2, -0.15) is 0 Å². The molecule has 124 valence electrons. The van der Waals surface area contributed by atoms with Gasteiger partial charge in [0, 0.05) is 7.11 Å². The van der Waals surface area contributed by atoms with Crippen molar-refractivity contribution < 1.29 is 28.7 Å². The number of methoxy groups -OCH3 is 1. The lowest BCUT2D eigenvalue weighted by Crippen LogP contribution is -3.00. The summed E-state index contributed by atoms with van der Waals surface area (Å²) in [6.45, 7) is 0.756. The van der Waals surface area contributed by atoms with Crippen LogP contribution in [0.2, 0.25) is 0 Å². The third kappa shape index (κ3) is 3.88. The molecular formula is C21H22IOP. The predicted octanol–water partition coefficient (Wildman–Crippen LogP) is 0.631. The molecule has 0 amide bonds. The SMILES string of the molecule is COCC[P+](c1ccccc1)(c1ccccc1)c1ccccc1.[I-]. The van der Waals surface area contributed by atoms with Gasteiger partial charge in [0.2, 0.25) is 0 Å². The van der Waals surface area contributed by atoms with Gasteiger partial charge in [-0.15, -0.1) is 0 Å². The van der Waals surface area contributed by atoms with Gasteiger partial charge in [-0.1, -0.05) is 54.6 Å². The molecule has 0 aliphatic carbocycles. The van der Waals surface area contributed by atoms with Crippen molar-refractivity contribution in [3.63, 3.8) is 0 Å². The van der Waals surface area contributed by atoms with Crippen molar-refractivity contribution in [2.45, 2.75) is 0 Å². The maximum Gasteiger partial charge on any atom is 0.114 e. The van der Waals surface area contributed by atoms with Crippen molar-refractivity contribution in [2.75, 3.05) is 19.9 Å². The Balaban J connectivity index is 0.00000208. The molecule has 0 N–H and O–H groups in total. The van der Waals surface area contributed by atoms with Crippen LogP contribution in [0.4, 0.5) is 0 Å². The highest BCUT2D eigenvalue weighted by Gasteiger charge is 2.44. The second-order valence-electron chi connectivity index (χ2n) is 5.53. The van der Waals surface area contributed by atoms with E-state index in [1.165, 1.54) is 15.9 Å². The van der Waals surface area contributed by atoms with Crippen LogP contribution in [0.1, 0.15) is 0 Å². The summed E-state index contributed by atoms with van der Waals surface area (Å²) in [6.07, 6.45) is 1.02. The van der Waals surface area contributed by atoms with E-state index in [4.69, 9.17) is 4.74 Å². The van der Waals surface area contributed by atoms with Crippen LogP contribution in [0.5, 0.6) is 0 Å². The van der Waals surface area contributed by atoms with Gasteiger partial charge in [-0.3, -0.25) is 0 Å². The molecule has 0 heterocycles. The summed E-state index contributed by atoms with van der Waals surface area (Å²) in [6, 6.07) is 32.7. The minimum atomic E-state index is -1.69. The molecule has 3 aromatic carbocycles. The number of halogens is 1. The smallest absolute Gasteiger partial charge is 0.114 e. The first-order chi connectivity index (χ1) is 11.4. The molecule has 24 heavy (non-hydrogen) atoms. The second kappa shape index (κ2) is 9.31. The van der Waals surface area contributed by atoms with E-state index >= 15 is 0 Å². The molecule has 0 aliphatic heterocycles. The fourth-order valence-corrected chi connectivity index (χ4v) is 7.28. The molecule has 3 aromatic rings. The summed E-state index contributed by atoms with van der Waals surface area (Å²) >= 11 is 0. The third-order valence-corrected chi connectivity index (χ3v) is 8.61. The Morgan fingerprint density at radius 3 is 1.25 bits per heavy atom. The number of rotatable bonds is 6. The van der Waals surface area contributed by atoms with E-state index in [-0.39, 0.29) is 24.0 Å². The highest BCUT2D eigenvalue weighted by molar-refractivity contribution is 7.95. The largest absolute Gasteiger partial charge is 1.00 e. The minimum Gasteiger partial charge on any atom is -1.00 e. The molecule has 0 atom stereocenters. The molecule has 0 radical (unpaired) electrons. The fraction of sp³-hybridized carbons (Fsp3) is 0.143. The Morgan fingerprint density at radius 1 is 0.625 bits per heavy atom. The molecule has 0 bridgehead atoms. The average molecular weight is 448 g/mol. The van der Waals surface area contributed by atoms with Crippen molar-refractivity contribution in [1.29, 1.82) is 0 Å². The number of ether oxygens (including phenoxy) is 1. The van der Waals surface area contributed by atoms with Gasteiger partial charge < -0.3 is 28.7 Å². The van der Waals surface area contributed by atoms with Crippen LogP contribution in [0.3, 0.4) is 0 Å². The molecule has 0 spiro atoms. The maximum absolute atomic E-state index is 5.49. The molecule has 0 saturated carbocycles. The fourth-order valence-electron chi connectivity index (χ4n) is 3.11. The van der Waals surface area contributed by atoms with Crippen LogP contribution in [-0.4, -0.2) is 19.9 Å². The lowest BCUT2D eigenvalue weighted by Gasteiger charge is -2.27. The van der Waals surface area contributed by atoms with Crippen LogP contribution in [0, 0.1) is 0 Å².